The van der Waals surface area contributed by atoms with E-state index in [1.54, 1.807) is 13.2 Å². The second kappa shape index (κ2) is 11.5. The summed E-state index contributed by atoms with van der Waals surface area (Å²) in [5.41, 5.74) is 1.99. The Morgan fingerprint density at radius 1 is 0.979 bits per heavy atom. The number of allylic oxidation sites excluding steroid dienone is 2. The smallest absolute Gasteiger partial charge is 0.331 e. The number of aliphatic carboxylic acids is 1. The molecule has 258 valence electrons. The molecule has 11 atom stereocenters. The number of esters is 1. The van der Waals surface area contributed by atoms with Gasteiger partial charge in [0.05, 0.1) is 18.6 Å². The van der Waals surface area contributed by atoms with E-state index in [1.165, 1.54) is 11.6 Å². The first-order chi connectivity index (χ1) is 22.0. The van der Waals surface area contributed by atoms with Crippen LogP contribution < -0.4 is 4.74 Å². The Balaban J connectivity index is 1.28. The van der Waals surface area contributed by atoms with Crippen molar-refractivity contribution in [2.24, 2.45) is 56.7 Å². The summed E-state index contributed by atoms with van der Waals surface area (Å²) < 4.78 is 11.6. The summed E-state index contributed by atoms with van der Waals surface area (Å²) in [5, 5.41) is 22.5. The van der Waals surface area contributed by atoms with Crippen molar-refractivity contribution >= 4 is 18.0 Å². The number of hydrogen-bond acceptors (Lipinski definition) is 5. The highest BCUT2D eigenvalue weighted by atomic mass is 16.6. The standard InChI is InChI=1S/C41H58O6/c1-24-16-19-41(36(44)45)21-20-39(7)28(34(41)26(24)3)13-14-32-38(6)23-29(42)35(37(4,5)31(38)17-18-40(32,39)8)47-33(43)15-12-27-11-10-25(2)30(22-27)46-9/h10-13,15,22,24,26,29,31-32,34-35,42H,14,16-21,23H2,1-9H3,(H,44,45). The van der Waals surface area contributed by atoms with Gasteiger partial charge in [0.2, 0.25) is 0 Å². The van der Waals surface area contributed by atoms with Crippen LogP contribution in [0.25, 0.3) is 6.08 Å². The van der Waals surface area contributed by atoms with E-state index in [-0.39, 0.29) is 28.1 Å². The van der Waals surface area contributed by atoms with E-state index in [9.17, 15) is 19.8 Å². The second-order valence-electron chi connectivity index (χ2n) is 17.6. The average Bonchev–Trinajstić information content (AvgIpc) is 3.00. The van der Waals surface area contributed by atoms with E-state index >= 15 is 0 Å². The molecule has 4 fully saturated rings. The maximum absolute atomic E-state index is 13.2. The van der Waals surface area contributed by atoms with Gasteiger partial charge < -0.3 is 19.7 Å². The van der Waals surface area contributed by atoms with Gasteiger partial charge in [0.25, 0.3) is 0 Å². The number of carbonyl (C=O) groups is 2. The number of benzene rings is 1. The van der Waals surface area contributed by atoms with E-state index in [4.69, 9.17) is 9.47 Å². The molecule has 1 aromatic carbocycles. The molecule has 0 heterocycles. The van der Waals surface area contributed by atoms with Crippen LogP contribution in [0.3, 0.4) is 0 Å². The number of carboxylic acid groups (broad SMARTS) is 1. The number of aliphatic hydroxyl groups excluding tert-OH is 1. The quantitative estimate of drug-likeness (QED) is 0.189. The van der Waals surface area contributed by atoms with Crippen molar-refractivity contribution in [2.45, 2.75) is 119 Å². The number of hydrogen-bond donors (Lipinski definition) is 2. The number of methoxy groups -OCH3 is 1. The molecule has 0 aromatic heterocycles. The summed E-state index contributed by atoms with van der Waals surface area (Å²) in [6.07, 6.45) is 11.3. The Morgan fingerprint density at radius 2 is 1.70 bits per heavy atom. The number of ether oxygens (including phenoxy) is 2. The van der Waals surface area contributed by atoms with Gasteiger partial charge in [-0.05, 0) is 127 Å². The van der Waals surface area contributed by atoms with Crippen LogP contribution in [0.2, 0.25) is 0 Å². The highest BCUT2D eigenvalue weighted by Crippen LogP contribution is 2.75. The topological polar surface area (TPSA) is 93.1 Å². The Hall–Kier alpha value is -2.60. The number of carboxylic acids is 1. The molecule has 11 unspecified atom stereocenters. The predicted octanol–water partition coefficient (Wildman–Crippen LogP) is 8.64. The van der Waals surface area contributed by atoms with Crippen LogP contribution in [0.1, 0.15) is 111 Å². The maximum atomic E-state index is 13.2. The van der Waals surface area contributed by atoms with Crippen LogP contribution in [0.5, 0.6) is 5.75 Å². The molecule has 5 aliphatic carbocycles. The predicted molar refractivity (Wildman–Crippen MR) is 185 cm³/mol. The Labute approximate surface area is 282 Å². The van der Waals surface area contributed by atoms with E-state index in [0.717, 1.165) is 61.8 Å². The molecule has 4 saturated carbocycles. The minimum Gasteiger partial charge on any atom is -0.496 e. The van der Waals surface area contributed by atoms with Crippen molar-refractivity contribution in [3.63, 3.8) is 0 Å². The van der Waals surface area contributed by atoms with Gasteiger partial charge in [-0.1, -0.05) is 72.2 Å². The molecule has 0 radical (unpaired) electrons. The van der Waals surface area contributed by atoms with Gasteiger partial charge in [0, 0.05) is 11.5 Å². The lowest BCUT2D eigenvalue weighted by Crippen LogP contribution is -2.67. The number of rotatable bonds is 5. The van der Waals surface area contributed by atoms with Crippen molar-refractivity contribution < 1.29 is 29.3 Å². The first-order valence-electron chi connectivity index (χ1n) is 18.1. The molecule has 0 spiro atoms. The van der Waals surface area contributed by atoms with Gasteiger partial charge in [-0.3, -0.25) is 4.79 Å². The molecule has 0 bridgehead atoms. The van der Waals surface area contributed by atoms with Gasteiger partial charge >= 0.3 is 11.9 Å². The van der Waals surface area contributed by atoms with E-state index in [1.807, 2.05) is 25.1 Å². The number of aryl methyl sites for hydroxylation is 1. The first-order valence-corrected chi connectivity index (χ1v) is 18.1. The van der Waals surface area contributed by atoms with Crippen molar-refractivity contribution in [2.75, 3.05) is 7.11 Å². The second-order valence-corrected chi connectivity index (χ2v) is 17.6. The van der Waals surface area contributed by atoms with Crippen LogP contribution in [-0.4, -0.2) is 41.5 Å². The molecular formula is C41H58O6. The summed E-state index contributed by atoms with van der Waals surface area (Å²) in [7, 11) is 1.64. The third-order valence-electron chi connectivity index (χ3n) is 15.4. The zero-order valence-electron chi connectivity index (χ0n) is 30.2. The lowest BCUT2D eigenvalue weighted by molar-refractivity contribution is -0.238. The van der Waals surface area contributed by atoms with Crippen molar-refractivity contribution in [3.05, 3.63) is 47.1 Å². The monoisotopic (exact) mass is 646 g/mol. The Bertz CT molecular complexity index is 1490. The van der Waals surface area contributed by atoms with Gasteiger partial charge in [0.15, 0.2) is 0 Å². The summed E-state index contributed by atoms with van der Waals surface area (Å²) in [4.78, 5) is 26.2. The minimum atomic E-state index is -0.770. The van der Waals surface area contributed by atoms with Crippen LogP contribution in [-0.2, 0) is 14.3 Å². The van der Waals surface area contributed by atoms with Crippen LogP contribution in [0.15, 0.2) is 35.9 Å². The fourth-order valence-corrected chi connectivity index (χ4v) is 12.5. The van der Waals surface area contributed by atoms with Gasteiger partial charge in [0.1, 0.15) is 11.9 Å². The first kappa shape index (κ1) is 34.3. The molecule has 6 nitrogen and oxygen atoms in total. The number of aliphatic hydroxyl groups is 1. The largest absolute Gasteiger partial charge is 0.496 e. The van der Waals surface area contributed by atoms with Crippen LogP contribution in [0.4, 0.5) is 0 Å². The Morgan fingerprint density at radius 3 is 2.38 bits per heavy atom. The molecule has 47 heavy (non-hydrogen) atoms. The maximum Gasteiger partial charge on any atom is 0.331 e. The molecule has 6 heteroatoms. The third kappa shape index (κ3) is 4.88. The normalized spacial score (nSPS) is 43.9. The zero-order chi connectivity index (χ0) is 34.3. The summed E-state index contributed by atoms with van der Waals surface area (Å²) >= 11 is 0. The molecule has 0 amide bonds. The summed E-state index contributed by atoms with van der Waals surface area (Å²) in [5.74, 6) is 1.28. The fourth-order valence-electron chi connectivity index (χ4n) is 12.5. The lowest BCUT2D eigenvalue weighted by atomic mass is 9.33. The fraction of sp³-hybridized carbons (Fsp3) is 0.707. The summed E-state index contributed by atoms with van der Waals surface area (Å²) in [6.45, 7) is 18.3. The van der Waals surface area contributed by atoms with Gasteiger partial charge in [-0.2, -0.15) is 0 Å². The SMILES string of the molecule is COc1cc(C=CC(=O)OC2C(O)CC3(C)C(CCC4(C)C3CC=C3C5C(C)C(C)CCC5(C(=O)O)CCC34C)C2(C)C)ccc1C. The molecule has 2 N–H and O–H groups in total. The molecule has 0 saturated heterocycles. The van der Waals surface area contributed by atoms with Crippen molar-refractivity contribution in [1.29, 1.82) is 0 Å². The molecule has 6 rings (SSSR count). The third-order valence-corrected chi connectivity index (χ3v) is 15.4. The van der Waals surface area contributed by atoms with Crippen molar-refractivity contribution in [3.8, 4) is 5.75 Å². The van der Waals surface area contributed by atoms with Gasteiger partial charge in [-0.25, -0.2) is 4.79 Å². The van der Waals surface area contributed by atoms with Crippen LogP contribution >= 0.6 is 0 Å². The highest BCUT2D eigenvalue weighted by molar-refractivity contribution is 5.87. The lowest BCUT2D eigenvalue weighted by Gasteiger charge is -2.71. The number of carbonyl (C=O) groups excluding carboxylic acids is 1. The average molecular weight is 647 g/mol. The number of fused-ring (bicyclic) bond motifs is 7. The molecule has 5 aliphatic rings. The zero-order valence-corrected chi connectivity index (χ0v) is 30.2. The van der Waals surface area contributed by atoms with Crippen LogP contribution in [0, 0.1) is 63.6 Å². The van der Waals surface area contributed by atoms with E-state index < -0.39 is 35.0 Å². The van der Waals surface area contributed by atoms with Gasteiger partial charge in [-0.15, -0.1) is 0 Å². The van der Waals surface area contributed by atoms with E-state index in [2.05, 4.69) is 54.5 Å². The highest BCUT2D eigenvalue weighted by Gasteiger charge is 2.70. The molecule has 1 aromatic rings. The van der Waals surface area contributed by atoms with E-state index in [0.29, 0.717) is 24.2 Å². The van der Waals surface area contributed by atoms with Crippen molar-refractivity contribution in [1.82, 2.24) is 0 Å². The summed E-state index contributed by atoms with van der Waals surface area (Å²) in [6, 6.07) is 5.81. The minimum absolute atomic E-state index is 0.00938. The Kier molecular flexibility index (Phi) is 8.38. The molecule has 0 aliphatic heterocycles. The molecular weight excluding hydrogens is 588 g/mol.